The zero-order valence-corrected chi connectivity index (χ0v) is 14.7. The first-order valence-electron chi connectivity index (χ1n) is 8.03. The van der Waals surface area contributed by atoms with Gasteiger partial charge in [0.15, 0.2) is 0 Å². The maximum atomic E-state index is 12.2. The number of nitrogens with zero attached hydrogens (tertiary/aromatic N) is 1. The number of hydrogen-bond donors (Lipinski definition) is 2. The van der Waals surface area contributed by atoms with Crippen LogP contribution in [0, 0.1) is 0 Å². The zero-order chi connectivity index (χ0) is 17.6. The molecule has 5 heteroatoms. The monoisotopic (exact) mass is 327 g/mol. The first-order chi connectivity index (χ1) is 11.4. The summed E-state index contributed by atoms with van der Waals surface area (Å²) < 4.78 is 5.31. The van der Waals surface area contributed by atoms with Gasteiger partial charge in [0, 0.05) is 18.3 Å². The van der Waals surface area contributed by atoms with Gasteiger partial charge in [0.1, 0.15) is 11.6 Å². The Bertz CT molecular complexity index is 676. The smallest absolute Gasteiger partial charge is 0.252 e. The Morgan fingerprint density at radius 2 is 1.92 bits per heavy atom. The normalized spacial score (nSPS) is 11.0. The molecule has 0 aliphatic carbocycles. The third kappa shape index (κ3) is 5.26. The average molecular weight is 327 g/mol. The third-order valence-corrected chi connectivity index (χ3v) is 3.40. The van der Waals surface area contributed by atoms with Crippen LogP contribution in [0.3, 0.4) is 0 Å². The third-order valence-electron chi connectivity index (χ3n) is 3.40. The van der Waals surface area contributed by atoms with Crippen molar-refractivity contribution in [2.45, 2.75) is 32.7 Å². The number of amides is 1. The highest BCUT2D eigenvalue weighted by atomic mass is 16.5. The molecule has 2 aromatic rings. The minimum absolute atomic E-state index is 0.0640. The number of carbonyl (C=O) groups excluding carboxylic acids is 1. The van der Waals surface area contributed by atoms with Crippen molar-refractivity contribution < 1.29 is 9.53 Å². The molecule has 0 aliphatic heterocycles. The Labute approximate surface area is 143 Å². The second-order valence-corrected chi connectivity index (χ2v) is 6.62. The number of carbonyl (C=O) groups is 1. The van der Waals surface area contributed by atoms with E-state index in [9.17, 15) is 4.79 Å². The fourth-order valence-electron chi connectivity index (χ4n) is 2.31. The first-order valence-corrected chi connectivity index (χ1v) is 8.03. The minimum Gasteiger partial charge on any atom is -0.496 e. The van der Waals surface area contributed by atoms with Gasteiger partial charge in [0.05, 0.1) is 12.7 Å². The number of para-hydroxylation sites is 1. The van der Waals surface area contributed by atoms with E-state index in [0.29, 0.717) is 18.5 Å². The Kier molecular flexibility index (Phi) is 5.79. The Hall–Kier alpha value is -2.56. The van der Waals surface area contributed by atoms with Gasteiger partial charge in [-0.1, -0.05) is 18.2 Å². The molecule has 0 spiro atoms. The molecule has 1 aromatic heterocycles. The lowest BCUT2D eigenvalue weighted by molar-refractivity contribution is 0.0953. The van der Waals surface area contributed by atoms with E-state index in [1.807, 2.05) is 30.3 Å². The molecule has 0 saturated carbocycles. The van der Waals surface area contributed by atoms with Crippen molar-refractivity contribution in [3.63, 3.8) is 0 Å². The van der Waals surface area contributed by atoms with Crippen LogP contribution >= 0.6 is 0 Å². The molecular formula is C19H25N3O2. The van der Waals surface area contributed by atoms with E-state index in [1.54, 1.807) is 19.4 Å². The predicted molar refractivity (Wildman–Crippen MR) is 96.6 cm³/mol. The number of rotatable bonds is 6. The largest absolute Gasteiger partial charge is 0.496 e. The SMILES string of the molecule is COc1ccccc1CCNC(=O)c1ccc(NC(C)(C)C)nc1. The first kappa shape index (κ1) is 17.8. The van der Waals surface area contributed by atoms with Gasteiger partial charge in [-0.05, 0) is 51.0 Å². The number of anilines is 1. The van der Waals surface area contributed by atoms with Crippen LogP contribution in [-0.2, 0) is 6.42 Å². The van der Waals surface area contributed by atoms with Crippen LogP contribution in [0.4, 0.5) is 5.82 Å². The summed E-state index contributed by atoms with van der Waals surface area (Å²) in [6, 6.07) is 11.4. The van der Waals surface area contributed by atoms with Crippen molar-refractivity contribution >= 4 is 11.7 Å². The number of methoxy groups -OCH3 is 1. The van der Waals surface area contributed by atoms with Crippen LogP contribution in [0.5, 0.6) is 5.75 Å². The van der Waals surface area contributed by atoms with Gasteiger partial charge in [0.2, 0.25) is 0 Å². The van der Waals surface area contributed by atoms with Crippen LogP contribution in [0.2, 0.25) is 0 Å². The molecule has 0 bridgehead atoms. The molecule has 0 atom stereocenters. The lowest BCUT2D eigenvalue weighted by atomic mass is 10.1. The summed E-state index contributed by atoms with van der Waals surface area (Å²) in [5.74, 6) is 1.47. The molecule has 2 N–H and O–H groups in total. The maximum Gasteiger partial charge on any atom is 0.252 e. The van der Waals surface area contributed by atoms with Crippen LogP contribution < -0.4 is 15.4 Å². The van der Waals surface area contributed by atoms with Crippen molar-refractivity contribution in [3.05, 3.63) is 53.7 Å². The van der Waals surface area contributed by atoms with E-state index in [-0.39, 0.29) is 11.4 Å². The number of aromatic nitrogens is 1. The second kappa shape index (κ2) is 7.81. The number of hydrogen-bond acceptors (Lipinski definition) is 4. The van der Waals surface area contributed by atoms with Crippen LogP contribution in [0.15, 0.2) is 42.6 Å². The molecule has 5 nitrogen and oxygen atoms in total. The Morgan fingerprint density at radius 3 is 2.54 bits per heavy atom. The summed E-state index contributed by atoms with van der Waals surface area (Å²) in [6.07, 6.45) is 2.30. The maximum absolute atomic E-state index is 12.2. The van der Waals surface area contributed by atoms with Crippen molar-refractivity contribution in [1.29, 1.82) is 0 Å². The highest BCUT2D eigenvalue weighted by molar-refractivity contribution is 5.94. The Balaban J connectivity index is 1.88. The summed E-state index contributed by atoms with van der Waals surface area (Å²) in [5, 5.41) is 6.18. The lowest BCUT2D eigenvalue weighted by Crippen LogP contribution is -2.27. The molecule has 0 fully saturated rings. The predicted octanol–water partition coefficient (Wildman–Crippen LogP) is 3.27. The molecule has 1 amide bonds. The molecule has 0 aliphatic rings. The van der Waals surface area contributed by atoms with Gasteiger partial charge >= 0.3 is 0 Å². The molecule has 128 valence electrons. The molecule has 0 saturated heterocycles. The number of nitrogens with one attached hydrogen (secondary N) is 2. The lowest BCUT2D eigenvalue weighted by Gasteiger charge is -2.21. The number of ether oxygens (including phenoxy) is 1. The summed E-state index contributed by atoms with van der Waals surface area (Å²) in [7, 11) is 1.65. The molecule has 0 radical (unpaired) electrons. The number of benzene rings is 1. The standard InChI is InChI=1S/C19H25N3O2/c1-19(2,3)22-17-10-9-15(13-21-17)18(23)20-12-11-14-7-5-6-8-16(14)24-4/h5-10,13H,11-12H2,1-4H3,(H,20,23)(H,21,22). The quantitative estimate of drug-likeness (QED) is 0.855. The molecule has 1 aromatic carbocycles. The van der Waals surface area contributed by atoms with E-state index < -0.39 is 0 Å². The Morgan fingerprint density at radius 1 is 1.17 bits per heavy atom. The van der Waals surface area contributed by atoms with E-state index >= 15 is 0 Å². The highest BCUT2D eigenvalue weighted by Crippen LogP contribution is 2.17. The van der Waals surface area contributed by atoms with Crippen molar-refractivity contribution in [2.24, 2.45) is 0 Å². The zero-order valence-electron chi connectivity index (χ0n) is 14.7. The van der Waals surface area contributed by atoms with Gasteiger partial charge in [-0.25, -0.2) is 4.98 Å². The topological polar surface area (TPSA) is 63.2 Å². The molecular weight excluding hydrogens is 302 g/mol. The average Bonchev–Trinajstić information content (AvgIpc) is 2.54. The van der Waals surface area contributed by atoms with Gasteiger partial charge in [-0.2, -0.15) is 0 Å². The van der Waals surface area contributed by atoms with E-state index in [1.165, 1.54) is 0 Å². The van der Waals surface area contributed by atoms with Gasteiger partial charge in [0.25, 0.3) is 5.91 Å². The van der Waals surface area contributed by atoms with E-state index in [0.717, 1.165) is 17.1 Å². The molecule has 0 unspecified atom stereocenters. The minimum atomic E-state index is -0.125. The fourth-order valence-corrected chi connectivity index (χ4v) is 2.31. The van der Waals surface area contributed by atoms with Crippen LogP contribution in [0.25, 0.3) is 0 Å². The summed E-state index contributed by atoms with van der Waals surface area (Å²) in [4.78, 5) is 16.5. The summed E-state index contributed by atoms with van der Waals surface area (Å²) in [6.45, 7) is 6.73. The fraction of sp³-hybridized carbons (Fsp3) is 0.368. The molecule has 24 heavy (non-hydrogen) atoms. The summed E-state index contributed by atoms with van der Waals surface area (Å²) >= 11 is 0. The van der Waals surface area contributed by atoms with Crippen LogP contribution in [-0.4, -0.2) is 30.1 Å². The molecule has 2 rings (SSSR count). The van der Waals surface area contributed by atoms with Gasteiger partial charge in [-0.15, -0.1) is 0 Å². The summed E-state index contributed by atoms with van der Waals surface area (Å²) in [5.41, 5.74) is 1.56. The van der Waals surface area contributed by atoms with Crippen molar-refractivity contribution in [3.8, 4) is 5.75 Å². The van der Waals surface area contributed by atoms with Gasteiger partial charge in [-0.3, -0.25) is 4.79 Å². The van der Waals surface area contributed by atoms with E-state index in [2.05, 4.69) is 36.4 Å². The number of pyridine rings is 1. The van der Waals surface area contributed by atoms with E-state index in [4.69, 9.17) is 4.74 Å². The van der Waals surface area contributed by atoms with Gasteiger partial charge < -0.3 is 15.4 Å². The van der Waals surface area contributed by atoms with Crippen LogP contribution in [0.1, 0.15) is 36.7 Å². The van der Waals surface area contributed by atoms with Crippen molar-refractivity contribution in [2.75, 3.05) is 19.0 Å². The molecule has 1 heterocycles. The highest BCUT2D eigenvalue weighted by Gasteiger charge is 2.11. The second-order valence-electron chi connectivity index (χ2n) is 6.62. The van der Waals surface area contributed by atoms with Crippen molar-refractivity contribution in [1.82, 2.24) is 10.3 Å².